The molecule has 5 rings (SSSR count). The van der Waals surface area contributed by atoms with Crippen LogP contribution in [0, 0.1) is 0 Å². The summed E-state index contributed by atoms with van der Waals surface area (Å²) < 4.78 is 6.37. The number of hydrogen-bond acceptors (Lipinski definition) is 1. The number of fused-ring (bicyclic) bond motifs is 5. The maximum absolute atomic E-state index is 6.37. The Morgan fingerprint density at radius 1 is 0.793 bits per heavy atom. The van der Waals surface area contributed by atoms with Gasteiger partial charge < -0.3 is 4.42 Å². The number of allylic oxidation sites excluding steroid dienone is 4. The van der Waals surface area contributed by atoms with E-state index in [9.17, 15) is 0 Å². The number of rotatable bonds is 4. The van der Waals surface area contributed by atoms with Gasteiger partial charge in [-0.2, -0.15) is 0 Å². The van der Waals surface area contributed by atoms with Gasteiger partial charge >= 0.3 is 0 Å². The second-order valence-corrected chi connectivity index (χ2v) is 7.09. The average Bonchev–Trinajstić information content (AvgIpc) is 3.17. The van der Waals surface area contributed by atoms with Crippen LogP contribution in [0.4, 0.5) is 0 Å². The summed E-state index contributed by atoms with van der Waals surface area (Å²) in [4.78, 5) is 0. The number of para-hydroxylation sites is 1. The van der Waals surface area contributed by atoms with Crippen molar-refractivity contribution >= 4 is 38.3 Å². The van der Waals surface area contributed by atoms with Gasteiger partial charge in [-0.3, -0.25) is 0 Å². The van der Waals surface area contributed by atoms with Crippen LogP contribution in [0.25, 0.3) is 49.4 Å². The molecule has 1 heterocycles. The van der Waals surface area contributed by atoms with Crippen molar-refractivity contribution in [3.63, 3.8) is 0 Å². The van der Waals surface area contributed by atoms with Crippen LogP contribution in [0.3, 0.4) is 0 Å². The molecule has 138 valence electrons. The van der Waals surface area contributed by atoms with Crippen molar-refractivity contribution in [2.24, 2.45) is 0 Å². The molecule has 4 aromatic carbocycles. The Hall–Kier alpha value is -3.84. The van der Waals surface area contributed by atoms with E-state index in [1.165, 1.54) is 16.2 Å². The zero-order valence-corrected chi connectivity index (χ0v) is 16.1. The highest BCUT2D eigenvalue weighted by Crippen LogP contribution is 2.39. The van der Waals surface area contributed by atoms with Crippen LogP contribution < -0.4 is 0 Å². The van der Waals surface area contributed by atoms with Crippen molar-refractivity contribution in [3.8, 4) is 11.1 Å². The van der Waals surface area contributed by atoms with E-state index in [-0.39, 0.29) is 0 Å². The third-order valence-electron chi connectivity index (χ3n) is 5.41. The molecule has 0 bridgehead atoms. The van der Waals surface area contributed by atoms with Gasteiger partial charge in [-0.15, -0.1) is 0 Å². The van der Waals surface area contributed by atoms with Crippen molar-refractivity contribution < 1.29 is 4.42 Å². The third-order valence-corrected chi connectivity index (χ3v) is 5.41. The van der Waals surface area contributed by atoms with E-state index in [4.69, 9.17) is 4.42 Å². The first-order chi connectivity index (χ1) is 14.3. The minimum atomic E-state index is 0.917. The first kappa shape index (κ1) is 17.3. The summed E-state index contributed by atoms with van der Waals surface area (Å²) in [6.45, 7) is 7.74. The molecule has 0 fully saturated rings. The molecule has 0 aliphatic rings. The standard InChI is InChI=1S/C28H20O/c1-3-9-19(4-2)21-11-7-12-22(18-21)24-14-8-15-25-27-23-13-6-5-10-20(23)16-17-26(27)29-28(24)25/h3-18H,1-2H2. The molecule has 0 amide bonds. The van der Waals surface area contributed by atoms with Crippen LogP contribution in [-0.4, -0.2) is 0 Å². The highest BCUT2D eigenvalue weighted by molar-refractivity contribution is 6.20. The minimum absolute atomic E-state index is 0.917. The van der Waals surface area contributed by atoms with Gasteiger partial charge in [-0.25, -0.2) is 0 Å². The zero-order chi connectivity index (χ0) is 19.8. The molecule has 0 atom stereocenters. The lowest BCUT2D eigenvalue weighted by molar-refractivity contribution is 0.670. The van der Waals surface area contributed by atoms with E-state index in [0.29, 0.717) is 0 Å². The molecule has 0 aliphatic heterocycles. The average molecular weight is 372 g/mol. The number of furan rings is 1. The van der Waals surface area contributed by atoms with Gasteiger partial charge in [0.1, 0.15) is 11.2 Å². The van der Waals surface area contributed by atoms with E-state index in [1.807, 2.05) is 12.2 Å². The molecule has 0 N–H and O–H groups in total. The van der Waals surface area contributed by atoms with Crippen LogP contribution in [0.15, 0.2) is 115 Å². The summed E-state index contributed by atoms with van der Waals surface area (Å²) in [5.41, 5.74) is 6.20. The van der Waals surface area contributed by atoms with Crippen molar-refractivity contribution in [2.45, 2.75) is 0 Å². The fourth-order valence-electron chi connectivity index (χ4n) is 4.07. The molecule has 0 saturated heterocycles. The maximum Gasteiger partial charge on any atom is 0.143 e. The smallest absolute Gasteiger partial charge is 0.143 e. The van der Waals surface area contributed by atoms with Gasteiger partial charge in [0, 0.05) is 16.3 Å². The fraction of sp³-hybridized carbons (Fsp3) is 0. The lowest BCUT2D eigenvalue weighted by Gasteiger charge is -2.07. The Bertz CT molecular complexity index is 1430. The van der Waals surface area contributed by atoms with E-state index in [0.717, 1.165) is 38.8 Å². The minimum Gasteiger partial charge on any atom is -0.455 e. The second kappa shape index (κ2) is 6.96. The molecule has 0 saturated carbocycles. The first-order valence-corrected chi connectivity index (χ1v) is 9.69. The Morgan fingerprint density at radius 3 is 2.48 bits per heavy atom. The Morgan fingerprint density at radius 2 is 1.62 bits per heavy atom. The monoisotopic (exact) mass is 372 g/mol. The molecular formula is C28H20O. The largest absolute Gasteiger partial charge is 0.455 e. The van der Waals surface area contributed by atoms with Gasteiger partial charge in [0.05, 0.1) is 0 Å². The second-order valence-electron chi connectivity index (χ2n) is 7.09. The lowest BCUT2D eigenvalue weighted by Crippen LogP contribution is -1.84. The van der Waals surface area contributed by atoms with Crippen molar-refractivity contribution in [1.82, 2.24) is 0 Å². The molecule has 0 unspecified atom stereocenters. The summed E-state index contributed by atoms with van der Waals surface area (Å²) in [5, 5.41) is 4.76. The van der Waals surface area contributed by atoms with E-state index in [2.05, 4.69) is 92.0 Å². The number of hydrogen-bond donors (Lipinski definition) is 0. The van der Waals surface area contributed by atoms with Crippen molar-refractivity contribution in [1.29, 1.82) is 0 Å². The highest BCUT2D eigenvalue weighted by Gasteiger charge is 2.14. The Balaban J connectivity index is 1.79. The summed E-state index contributed by atoms with van der Waals surface area (Å²) in [6.07, 6.45) is 5.61. The van der Waals surface area contributed by atoms with Crippen LogP contribution in [0.1, 0.15) is 5.56 Å². The molecule has 0 aliphatic carbocycles. The maximum atomic E-state index is 6.37. The Kier molecular flexibility index (Phi) is 4.14. The quantitative estimate of drug-likeness (QED) is 0.290. The van der Waals surface area contributed by atoms with Gasteiger partial charge in [0.15, 0.2) is 0 Å². The molecule has 1 aromatic heterocycles. The van der Waals surface area contributed by atoms with Crippen molar-refractivity contribution in [3.05, 3.63) is 116 Å². The highest BCUT2D eigenvalue weighted by atomic mass is 16.3. The normalized spacial score (nSPS) is 11.9. The topological polar surface area (TPSA) is 13.1 Å². The molecule has 1 nitrogen and oxygen atoms in total. The molecule has 29 heavy (non-hydrogen) atoms. The van der Waals surface area contributed by atoms with E-state index < -0.39 is 0 Å². The van der Waals surface area contributed by atoms with Gasteiger partial charge in [0.2, 0.25) is 0 Å². The van der Waals surface area contributed by atoms with Crippen LogP contribution in [0.5, 0.6) is 0 Å². The van der Waals surface area contributed by atoms with E-state index in [1.54, 1.807) is 6.08 Å². The molecule has 0 spiro atoms. The summed E-state index contributed by atoms with van der Waals surface area (Å²) >= 11 is 0. The molecule has 0 radical (unpaired) electrons. The lowest BCUT2D eigenvalue weighted by atomic mass is 9.97. The van der Waals surface area contributed by atoms with Gasteiger partial charge in [-0.05, 0) is 39.6 Å². The van der Waals surface area contributed by atoms with Gasteiger partial charge in [0.25, 0.3) is 0 Å². The predicted molar refractivity (Wildman–Crippen MR) is 125 cm³/mol. The van der Waals surface area contributed by atoms with Crippen LogP contribution in [0.2, 0.25) is 0 Å². The summed E-state index contributed by atoms with van der Waals surface area (Å²) in [7, 11) is 0. The fourth-order valence-corrected chi connectivity index (χ4v) is 4.07. The molecule has 1 heteroatoms. The summed E-state index contributed by atoms with van der Waals surface area (Å²) in [6, 6.07) is 27.5. The summed E-state index contributed by atoms with van der Waals surface area (Å²) in [5.74, 6) is 0. The SMILES string of the molecule is C=CC=C(C=C)c1cccc(-c2cccc3c2oc2ccc4ccccc4c23)c1. The van der Waals surface area contributed by atoms with Crippen LogP contribution in [-0.2, 0) is 0 Å². The molecule has 5 aromatic rings. The van der Waals surface area contributed by atoms with Gasteiger partial charge in [-0.1, -0.05) is 98.1 Å². The zero-order valence-electron chi connectivity index (χ0n) is 16.1. The molecular weight excluding hydrogens is 352 g/mol. The Labute approximate surface area is 169 Å². The van der Waals surface area contributed by atoms with E-state index >= 15 is 0 Å². The number of benzene rings is 4. The van der Waals surface area contributed by atoms with Crippen molar-refractivity contribution in [2.75, 3.05) is 0 Å². The predicted octanol–water partition coefficient (Wildman–Crippen LogP) is 8.16. The third kappa shape index (κ3) is 2.79. The van der Waals surface area contributed by atoms with Crippen LogP contribution >= 0.6 is 0 Å². The first-order valence-electron chi connectivity index (χ1n) is 9.69.